The second-order valence-corrected chi connectivity index (χ2v) is 9.75. The number of morpholine rings is 1. The highest BCUT2D eigenvalue weighted by atomic mass is 27.0. The van der Waals surface area contributed by atoms with Crippen molar-refractivity contribution in [2.75, 3.05) is 37.8 Å². The Morgan fingerprint density at radius 3 is 2.61 bits per heavy atom. The Bertz CT molecular complexity index is 1310. The quantitative estimate of drug-likeness (QED) is 0.361. The van der Waals surface area contributed by atoms with Gasteiger partial charge in [0.15, 0.2) is 11.5 Å². The Kier molecular flexibility index (Phi) is 7.03. The fraction of sp³-hybridized carbons (Fsp3) is 0.423. The Morgan fingerprint density at radius 1 is 1.00 bits per heavy atom. The van der Waals surface area contributed by atoms with Crippen LogP contribution >= 0.6 is 0 Å². The van der Waals surface area contributed by atoms with Crippen LogP contribution in [0.2, 0.25) is 0 Å². The molecule has 10 heteroatoms. The van der Waals surface area contributed by atoms with Crippen molar-refractivity contribution in [1.82, 2.24) is 24.3 Å². The van der Waals surface area contributed by atoms with Gasteiger partial charge in [-0.25, -0.2) is 14.6 Å². The smallest absolute Gasteiger partial charge is 0.212 e. The molecule has 0 saturated carbocycles. The van der Waals surface area contributed by atoms with E-state index in [0.29, 0.717) is 26.4 Å². The van der Waals surface area contributed by atoms with Gasteiger partial charge >= 0.3 is 0 Å². The van der Waals surface area contributed by atoms with Crippen molar-refractivity contribution in [2.24, 2.45) is 0 Å². The molecule has 2 fully saturated rings. The number of rotatable bonds is 7. The van der Waals surface area contributed by atoms with Gasteiger partial charge in [-0.15, -0.1) is 0 Å². The van der Waals surface area contributed by atoms with Crippen molar-refractivity contribution in [3.05, 3.63) is 60.0 Å². The fourth-order valence-corrected chi connectivity index (χ4v) is 5.08. The lowest BCUT2D eigenvalue weighted by Crippen LogP contribution is -2.36. The average Bonchev–Trinajstić information content (AvgIpc) is 3.53. The molecule has 5 heterocycles. The molecule has 0 aliphatic carbocycles. The number of hydrogen-bond donors (Lipinski definition) is 0. The van der Waals surface area contributed by atoms with Gasteiger partial charge < -0.3 is 19.1 Å². The lowest BCUT2D eigenvalue weighted by Gasteiger charge is -2.29. The summed E-state index contributed by atoms with van der Waals surface area (Å²) in [6.45, 7) is 4.63. The average molecular weight is 501 g/mol. The first-order valence-corrected chi connectivity index (χ1v) is 13.1. The summed E-state index contributed by atoms with van der Waals surface area (Å²) in [5.74, 6) is 1.59. The molecule has 0 amide bonds. The van der Waals surface area contributed by atoms with Crippen LogP contribution in [-0.4, -0.2) is 73.5 Å². The Hall–Kier alpha value is -2.74. The zero-order valence-corrected chi connectivity index (χ0v) is 21.4. The number of fused-ring (bicyclic) bond motifs is 1. The monoisotopic (exact) mass is 500 g/mol. The molecule has 0 spiro atoms. The number of benzene rings is 1. The van der Waals surface area contributed by atoms with Crippen LogP contribution in [-0.2, 0) is 27.4 Å². The van der Waals surface area contributed by atoms with Crippen LogP contribution in [0.25, 0.3) is 17.0 Å². The molecule has 6 rings (SSSR count). The number of imidazole rings is 1. The van der Waals surface area contributed by atoms with E-state index in [4.69, 9.17) is 24.2 Å². The number of pyridine rings is 1. The van der Waals surface area contributed by atoms with Crippen molar-refractivity contribution < 1.29 is 14.2 Å². The van der Waals surface area contributed by atoms with Crippen LogP contribution < -0.4 is 9.46 Å². The van der Waals surface area contributed by atoms with Gasteiger partial charge in [-0.05, 0) is 35.4 Å². The highest BCUT2D eigenvalue weighted by molar-refractivity contribution is 6.30. The molecule has 2 saturated heterocycles. The van der Waals surface area contributed by atoms with Gasteiger partial charge in [0, 0.05) is 32.0 Å². The second kappa shape index (κ2) is 10.7. The van der Waals surface area contributed by atoms with Crippen LogP contribution in [0.1, 0.15) is 36.9 Å². The summed E-state index contributed by atoms with van der Waals surface area (Å²) in [5.41, 5.74) is 3.85. The SMILES string of the molecule is [Al][c]1ccn(-c2cc(N3CCOCC3)c3nc(COCc4ccccc4)n(C4CCCCO4)c3n2)n1. The third kappa shape index (κ3) is 4.92. The van der Waals surface area contributed by atoms with Gasteiger partial charge in [0.1, 0.15) is 24.2 Å². The van der Waals surface area contributed by atoms with Crippen LogP contribution in [0.4, 0.5) is 5.69 Å². The predicted molar refractivity (Wildman–Crippen MR) is 137 cm³/mol. The summed E-state index contributed by atoms with van der Waals surface area (Å²) >= 11 is 2.64. The molecule has 2 radical (unpaired) electrons. The van der Waals surface area contributed by atoms with Gasteiger partial charge in [0.05, 0.1) is 25.5 Å². The Labute approximate surface area is 218 Å². The number of ether oxygens (including phenoxy) is 3. The molecule has 4 aromatic rings. The van der Waals surface area contributed by atoms with E-state index in [1.54, 1.807) is 0 Å². The first-order chi connectivity index (χ1) is 17.8. The molecule has 36 heavy (non-hydrogen) atoms. The molecule has 0 N–H and O–H groups in total. The van der Waals surface area contributed by atoms with Crippen molar-refractivity contribution >= 4 is 37.7 Å². The van der Waals surface area contributed by atoms with Crippen LogP contribution in [0.5, 0.6) is 0 Å². The van der Waals surface area contributed by atoms with Crippen molar-refractivity contribution in [1.29, 1.82) is 0 Å². The van der Waals surface area contributed by atoms with E-state index >= 15 is 0 Å². The summed E-state index contributed by atoms with van der Waals surface area (Å²) in [5, 5.41) is 4.59. The summed E-state index contributed by atoms with van der Waals surface area (Å²) in [6.07, 6.45) is 4.93. The maximum Gasteiger partial charge on any atom is 0.212 e. The molecule has 1 atom stereocenters. The highest BCUT2D eigenvalue weighted by Gasteiger charge is 2.27. The normalized spacial score (nSPS) is 18.7. The van der Waals surface area contributed by atoms with E-state index in [1.165, 1.54) is 0 Å². The maximum atomic E-state index is 6.24. The zero-order chi connectivity index (χ0) is 24.3. The van der Waals surface area contributed by atoms with Crippen LogP contribution in [0.15, 0.2) is 48.7 Å². The van der Waals surface area contributed by atoms with Crippen molar-refractivity contribution in [2.45, 2.75) is 38.7 Å². The lowest BCUT2D eigenvalue weighted by molar-refractivity contribution is -0.0347. The number of hydrogen-bond acceptors (Lipinski definition) is 7. The molecule has 0 bridgehead atoms. The number of aromatic nitrogens is 5. The second-order valence-electron chi connectivity index (χ2n) is 9.15. The van der Waals surface area contributed by atoms with E-state index in [2.05, 4.69) is 49.1 Å². The van der Waals surface area contributed by atoms with E-state index in [-0.39, 0.29) is 6.23 Å². The van der Waals surface area contributed by atoms with Gasteiger partial charge in [0.25, 0.3) is 0 Å². The molecule has 184 valence electrons. The predicted octanol–water partition coefficient (Wildman–Crippen LogP) is 2.66. The molecule has 1 aromatic carbocycles. The Balaban J connectivity index is 1.44. The topological polar surface area (TPSA) is 79.5 Å². The van der Waals surface area contributed by atoms with Gasteiger partial charge in [-0.2, -0.15) is 5.10 Å². The van der Waals surface area contributed by atoms with Gasteiger partial charge in [-0.3, -0.25) is 4.57 Å². The third-order valence-electron chi connectivity index (χ3n) is 6.67. The van der Waals surface area contributed by atoms with E-state index < -0.39 is 0 Å². The highest BCUT2D eigenvalue weighted by Crippen LogP contribution is 2.34. The lowest BCUT2D eigenvalue weighted by atomic mass is 10.2. The minimum atomic E-state index is -0.116. The molecule has 2 aliphatic rings. The van der Waals surface area contributed by atoms with Gasteiger partial charge in [-0.1, -0.05) is 30.3 Å². The summed E-state index contributed by atoms with van der Waals surface area (Å²) in [6, 6.07) is 14.2. The number of nitrogens with zero attached hydrogens (tertiary/aromatic N) is 6. The summed E-state index contributed by atoms with van der Waals surface area (Å²) in [7, 11) is 0. The summed E-state index contributed by atoms with van der Waals surface area (Å²) < 4.78 is 22.8. The van der Waals surface area contributed by atoms with E-state index in [1.807, 2.05) is 35.1 Å². The first kappa shape index (κ1) is 23.6. The molecule has 1 unspecified atom stereocenters. The Morgan fingerprint density at radius 2 is 1.86 bits per heavy atom. The third-order valence-corrected chi connectivity index (χ3v) is 6.98. The maximum absolute atomic E-state index is 6.24. The standard InChI is InChI=1S/C26H29N6O3.Al/c1-2-7-20(8-3-1)18-34-19-23-28-25-21(30-12-15-33-16-13-30)17-22(31-11-6-10-27-31)29-26(25)32(23)24-9-4-5-14-35-24;/h1-3,6-8,11,17,24H,4-5,9,12-16,18-19H2;. The minimum absolute atomic E-state index is 0.116. The minimum Gasteiger partial charge on any atom is -0.378 e. The van der Waals surface area contributed by atoms with E-state index in [9.17, 15) is 0 Å². The summed E-state index contributed by atoms with van der Waals surface area (Å²) in [4.78, 5) is 12.5. The molecule has 9 nitrogen and oxygen atoms in total. The first-order valence-electron chi connectivity index (χ1n) is 12.6. The molecular formula is C26H29AlN6O3. The molecule has 2 aliphatic heterocycles. The van der Waals surface area contributed by atoms with E-state index in [0.717, 1.165) is 77.6 Å². The van der Waals surface area contributed by atoms with Gasteiger partial charge in [0.2, 0.25) is 16.3 Å². The van der Waals surface area contributed by atoms with Crippen LogP contribution in [0, 0.1) is 0 Å². The molecular weight excluding hydrogens is 471 g/mol. The van der Waals surface area contributed by atoms with Crippen molar-refractivity contribution in [3.8, 4) is 5.82 Å². The fourth-order valence-electron chi connectivity index (χ4n) is 4.87. The zero-order valence-electron chi connectivity index (χ0n) is 20.3. The van der Waals surface area contributed by atoms with Crippen LogP contribution in [0.3, 0.4) is 0 Å². The van der Waals surface area contributed by atoms with Crippen molar-refractivity contribution in [3.63, 3.8) is 0 Å². The molecule has 3 aromatic heterocycles. The largest absolute Gasteiger partial charge is 0.378 e. The number of anilines is 1.